The number of hydrogen-bond donors (Lipinski definition) is 2. The fraction of sp³-hybridized carbons (Fsp3) is 0.400. The molecular weight excluding hydrogens is 272 g/mol. The van der Waals surface area contributed by atoms with Crippen LogP contribution < -0.4 is 5.32 Å². The van der Waals surface area contributed by atoms with Gasteiger partial charge in [-0.3, -0.25) is 14.9 Å². The molecule has 0 aliphatic heterocycles. The van der Waals surface area contributed by atoms with Gasteiger partial charge in [-0.25, -0.2) is 0 Å². The van der Waals surface area contributed by atoms with Crippen molar-refractivity contribution in [3.05, 3.63) is 46.0 Å². The summed E-state index contributed by atoms with van der Waals surface area (Å²) in [6, 6.07) is 5.99. The highest BCUT2D eigenvalue weighted by Crippen LogP contribution is 2.15. The Morgan fingerprint density at radius 1 is 1.52 bits per heavy atom. The van der Waals surface area contributed by atoms with Gasteiger partial charge in [-0.2, -0.15) is 0 Å². The second-order valence-corrected chi connectivity index (χ2v) is 5.42. The molecule has 0 radical (unpaired) electrons. The molecule has 0 aliphatic rings. The molecule has 114 valence electrons. The van der Waals surface area contributed by atoms with Gasteiger partial charge in [0.15, 0.2) is 0 Å². The van der Waals surface area contributed by atoms with Crippen molar-refractivity contribution in [2.24, 2.45) is 5.92 Å². The molecule has 0 aromatic heterocycles. The number of non-ortho nitro benzene ring substituents is 1. The van der Waals surface area contributed by atoms with Gasteiger partial charge in [-0.1, -0.05) is 26.0 Å². The molecule has 1 rings (SSSR count). The Labute approximate surface area is 123 Å². The number of rotatable bonds is 6. The zero-order valence-corrected chi connectivity index (χ0v) is 12.4. The number of nitrogens with one attached hydrogen (secondary N) is 1. The lowest BCUT2D eigenvalue weighted by atomic mass is 9.92. The second-order valence-electron chi connectivity index (χ2n) is 5.42. The van der Waals surface area contributed by atoms with E-state index in [-0.39, 0.29) is 24.1 Å². The number of amides is 1. The van der Waals surface area contributed by atoms with Crippen LogP contribution in [0.4, 0.5) is 5.69 Å². The maximum atomic E-state index is 11.7. The van der Waals surface area contributed by atoms with Crippen LogP contribution >= 0.6 is 0 Å². The van der Waals surface area contributed by atoms with Gasteiger partial charge in [0.25, 0.3) is 5.69 Å². The van der Waals surface area contributed by atoms with Crippen molar-refractivity contribution in [3.63, 3.8) is 0 Å². The summed E-state index contributed by atoms with van der Waals surface area (Å²) in [5.41, 5.74) is -0.440. The summed E-state index contributed by atoms with van der Waals surface area (Å²) in [5.74, 6) is -0.346. The minimum absolute atomic E-state index is 0.0125. The van der Waals surface area contributed by atoms with Gasteiger partial charge >= 0.3 is 0 Å². The molecule has 1 atom stereocenters. The molecule has 0 bridgehead atoms. The van der Waals surface area contributed by atoms with Crippen LogP contribution in [0.3, 0.4) is 0 Å². The lowest BCUT2D eigenvalue weighted by Gasteiger charge is -2.27. The first-order chi connectivity index (χ1) is 9.72. The monoisotopic (exact) mass is 292 g/mol. The fourth-order valence-electron chi connectivity index (χ4n) is 1.44. The SMILES string of the molecule is CC(C)[C@](C)(O)CNC(=O)/C=C\c1cccc([N+](=O)[O-])c1. The molecule has 6 nitrogen and oxygen atoms in total. The Morgan fingerprint density at radius 3 is 2.76 bits per heavy atom. The lowest BCUT2D eigenvalue weighted by molar-refractivity contribution is -0.384. The van der Waals surface area contributed by atoms with E-state index in [1.807, 2.05) is 13.8 Å². The fourth-order valence-corrected chi connectivity index (χ4v) is 1.44. The smallest absolute Gasteiger partial charge is 0.270 e. The standard InChI is InChI=1S/C15H20N2O4/c1-11(2)15(3,19)10-16-14(18)8-7-12-5-4-6-13(9-12)17(20)21/h4-9,11,19H,10H2,1-3H3,(H,16,18)/b8-7-/t15-/m1/s1. The molecule has 1 amide bonds. The van der Waals surface area contributed by atoms with E-state index < -0.39 is 10.5 Å². The summed E-state index contributed by atoms with van der Waals surface area (Å²) < 4.78 is 0. The van der Waals surface area contributed by atoms with Crippen LogP contribution in [0.25, 0.3) is 6.08 Å². The van der Waals surface area contributed by atoms with Crippen molar-refractivity contribution >= 4 is 17.7 Å². The Hall–Kier alpha value is -2.21. The highest BCUT2D eigenvalue weighted by atomic mass is 16.6. The van der Waals surface area contributed by atoms with Gasteiger partial charge in [0, 0.05) is 24.8 Å². The first-order valence-corrected chi connectivity index (χ1v) is 6.65. The van der Waals surface area contributed by atoms with Crippen molar-refractivity contribution in [3.8, 4) is 0 Å². The predicted molar refractivity (Wildman–Crippen MR) is 80.6 cm³/mol. The quantitative estimate of drug-likeness (QED) is 0.477. The normalized spacial score (nSPS) is 14.1. The maximum absolute atomic E-state index is 11.7. The molecule has 0 aliphatic carbocycles. The summed E-state index contributed by atoms with van der Waals surface area (Å²) >= 11 is 0. The number of benzene rings is 1. The number of nitrogens with zero attached hydrogens (tertiary/aromatic N) is 1. The third-order valence-corrected chi connectivity index (χ3v) is 3.37. The number of carbonyl (C=O) groups is 1. The van der Waals surface area contributed by atoms with Gasteiger partial charge in [-0.05, 0) is 24.5 Å². The Kier molecular flexibility index (Phi) is 5.60. The van der Waals surface area contributed by atoms with Gasteiger partial charge < -0.3 is 10.4 Å². The first-order valence-electron chi connectivity index (χ1n) is 6.65. The van der Waals surface area contributed by atoms with E-state index in [4.69, 9.17) is 0 Å². The third kappa shape index (κ3) is 5.35. The highest BCUT2D eigenvalue weighted by molar-refractivity contribution is 5.91. The second kappa shape index (κ2) is 6.99. The van der Waals surface area contributed by atoms with Gasteiger partial charge in [0.1, 0.15) is 0 Å². The third-order valence-electron chi connectivity index (χ3n) is 3.37. The average Bonchev–Trinajstić information content (AvgIpc) is 2.43. The van der Waals surface area contributed by atoms with Crippen LogP contribution in [0, 0.1) is 16.0 Å². The Balaban J connectivity index is 2.62. The van der Waals surface area contributed by atoms with Crippen LogP contribution in [-0.4, -0.2) is 28.1 Å². The molecule has 0 fully saturated rings. The summed E-state index contributed by atoms with van der Waals surface area (Å²) in [4.78, 5) is 21.8. The van der Waals surface area contributed by atoms with E-state index in [0.29, 0.717) is 5.56 Å². The van der Waals surface area contributed by atoms with Crippen molar-refractivity contribution in [1.29, 1.82) is 0 Å². The number of hydrogen-bond acceptors (Lipinski definition) is 4. The number of nitro benzene ring substituents is 1. The lowest BCUT2D eigenvalue weighted by Crippen LogP contribution is -2.43. The van der Waals surface area contributed by atoms with Crippen LogP contribution in [-0.2, 0) is 4.79 Å². The van der Waals surface area contributed by atoms with Gasteiger partial charge in [-0.15, -0.1) is 0 Å². The molecule has 0 saturated heterocycles. The minimum atomic E-state index is -0.977. The average molecular weight is 292 g/mol. The van der Waals surface area contributed by atoms with E-state index >= 15 is 0 Å². The van der Waals surface area contributed by atoms with Gasteiger partial charge in [0.05, 0.1) is 10.5 Å². The topological polar surface area (TPSA) is 92.5 Å². The zero-order valence-electron chi connectivity index (χ0n) is 12.4. The summed E-state index contributed by atoms with van der Waals surface area (Å²) in [6.45, 7) is 5.53. The summed E-state index contributed by atoms with van der Waals surface area (Å²) in [6.07, 6.45) is 2.78. The summed E-state index contributed by atoms with van der Waals surface area (Å²) in [7, 11) is 0. The number of aliphatic hydroxyl groups is 1. The summed E-state index contributed by atoms with van der Waals surface area (Å²) in [5, 5.41) is 23.3. The van der Waals surface area contributed by atoms with Crippen molar-refractivity contribution in [1.82, 2.24) is 5.32 Å². The van der Waals surface area contributed by atoms with Gasteiger partial charge in [0.2, 0.25) is 5.91 Å². The van der Waals surface area contributed by atoms with E-state index in [0.717, 1.165) is 0 Å². The van der Waals surface area contributed by atoms with Crippen LogP contribution in [0.5, 0.6) is 0 Å². The molecule has 0 heterocycles. The molecule has 0 unspecified atom stereocenters. The molecule has 21 heavy (non-hydrogen) atoms. The molecular formula is C15H20N2O4. The molecule has 0 saturated carbocycles. The number of carbonyl (C=O) groups excluding carboxylic acids is 1. The zero-order chi connectivity index (χ0) is 16.0. The maximum Gasteiger partial charge on any atom is 0.270 e. The largest absolute Gasteiger partial charge is 0.388 e. The van der Waals surface area contributed by atoms with E-state index in [1.54, 1.807) is 19.1 Å². The minimum Gasteiger partial charge on any atom is -0.388 e. The Morgan fingerprint density at radius 2 is 2.19 bits per heavy atom. The number of nitro groups is 1. The molecule has 6 heteroatoms. The van der Waals surface area contributed by atoms with Crippen LogP contribution in [0.2, 0.25) is 0 Å². The Bertz CT molecular complexity index is 550. The van der Waals surface area contributed by atoms with E-state index in [2.05, 4.69) is 5.32 Å². The van der Waals surface area contributed by atoms with Crippen molar-refractivity contribution in [2.75, 3.05) is 6.54 Å². The van der Waals surface area contributed by atoms with E-state index in [9.17, 15) is 20.0 Å². The van der Waals surface area contributed by atoms with Crippen LogP contribution in [0.1, 0.15) is 26.3 Å². The van der Waals surface area contributed by atoms with Crippen molar-refractivity contribution < 1.29 is 14.8 Å². The molecule has 0 spiro atoms. The first kappa shape index (κ1) is 16.8. The molecule has 2 N–H and O–H groups in total. The predicted octanol–water partition coefficient (Wildman–Crippen LogP) is 2.13. The molecule has 1 aromatic rings. The molecule has 1 aromatic carbocycles. The van der Waals surface area contributed by atoms with Crippen LogP contribution in [0.15, 0.2) is 30.3 Å². The highest BCUT2D eigenvalue weighted by Gasteiger charge is 2.24. The van der Waals surface area contributed by atoms with E-state index in [1.165, 1.54) is 24.3 Å². The van der Waals surface area contributed by atoms with Crippen molar-refractivity contribution in [2.45, 2.75) is 26.4 Å².